The van der Waals surface area contributed by atoms with Crippen molar-refractivity contribution in [3.63, 3.8) is 0 Å². The van der Waals surface area contributed by atoms with Crippen LogP contribution in [0, 0.1) is 5.82 Å². The fraction of sp³-hybridized carbons (Fsp3) is 0.417. The molecule has 1 amide bonds. The number of primary amides is 1. The maximum Gasteiger partial charge on any atom is 0.250 e. The second-order valence-corrected chi connectivity index (χ2v) is 4.34. The van der Waals surface area contributed by atoms with Crippen LogP contribution in [0.3, 0.4) is 0 Å². The van der Waals surface area contributed by atoms with Gasteiger partial charge in [0.15, 0.2) is 0 Å². The molecule has 1 aliphatic heterocycles. The van der Waals surface area contributed by atoms with Crippen molar-refractivity contribution in [2.45, 2.75) is 18.9 Å². The lowest BCUT2D eigenvalue weighted by atomic mass is 10.1. The van der Waals surface area contributed by atoms with Gasteiger partial charge in [-0.05, 0) is 25.0 Å². The van der Waals surface area contributed by atoms with Gasteiger partial charge in [0.25, 0.3) is 5.91 Å². The number of nitrogen functional groups attached to an aromatic ring is 1. The van der Waals surface area contributed by atoms with Gasteiger partial charge in [0.05, 0.1) is 17.9 Å². The summed E-state index contributed by atoms with van der Waals surface area (Å²) in [4.78, 5) is 11.1. The average Bonchev–Trinajstić information content (AvgIpc) is 2.33. The van der Waals surface area contributed by atoms with Gasteiger partial charge >= 0.3 is 0 Å². The predicted molar refractivity (Wildman–Crippen MR) is 66.8 cm³/mol. The van der Waals surface area contributed by atoms with Gasteiger partial charge in [-0.3, -0.25) is 4.79 Å². The van der Waals surface area contributed by atoms with Gasteiger partial charge in [-0.15, -0.1) is 0 Å². The van der Waals surface area contributed by atoms with Gasteiger partial charge in [0.1, 0.15) is 5.82 Å². The number of anilines is 2. The molecule has 5 nitrogen and oxygen atoms in total. The molecule has 1 fully saturated rings. The summed E-state index contributed by atoms with van der Waals surface area (Å²) in [6, 6.07) is 2.49. The average molecular weight is 253 g/mol. The van der Waals surface area contributed by atoms with Gasteiger partial charge in [-0.25, -0.2) is 4.39 Å². The molecule has 1 aromatic rings. The van der Waals surface area contributed by atoms with Crippen LogP contribution in [0.5, 0.6) is 0 Å². The first-order chi connectivity index (χ1) is 8.58. The number of rotatable bonds is 3. The second-order valence-electron chi connectivity index (χ2n) is 4.34. The number of hydrogen-bond acceptors (Lipinski definition) is 4. The van der Waals surface area contributed by atoms with E-state index in [1.165, 1.54) is 6.07 Å². The number of halogens is 1. The standard InChI is InChI=1S/C12H16FN3O2/c13-9-5-10(14)8(12(15)17)4-11(9)16-7-2-1-3-18-6-7/h4-5,7,16H,1-3,6,14H2,(H2,15,17). The number of ether oxygens (including phenoxy) is 1. The summed E-state index contributed by atoms with van der Waals surface area (Å²) in [5.41, 5.74) is 11.1. The van der Waals surface area contributed by atoms with Crippen molar-refractivity contribution in [1.82, 2.24) is 0 Å². The lowest BCUT2D eigenvalue weighted by Gasteiger charge is -2.24. The highest BCUT2D eigenvalue weighted by Crippen LogP contribution is 2.23. The van der Waals surface area contributed by atoms with Gasteiger partial charge in [0.2, 0.25) is 0 Å². The Bertz CT molecular complexity index is 459. The third-order valence-corrected chi connectivity index (χ3v) is 2.92. The van der Waals surface area contributed by atoms with Crippen LogP contribution >= 0.6 is 0 Å². The van der Waals surface area contributed by atoms with Crippen molar-refractivity contribution in [3.05, 3.63) is 23.5 Å². The summed E-state index contributed by atoms with van der Waals surface area (Å²) >= 11 is 0. The first-order valence-corrected chi connectivity index (χ1v) is 5.81. The number of amides is 1. The normalized spacial score (nSPS) is 19.5. The van der Waals surface area contributed by atoms with E-state index in [2.05, 4.69) is 5.32 Å². The number of hydrogen-bond donors (Lipinski definition) is 3. The number of nitrogens with two attached hydrogens (primary N) is 2. The summed E-state index contributed by atoms with van der Waals surface area (Å²) in [5.74, 6) is -1.17. The molecule has 1 aliphatic rings. The zero-order chi connectivity index (χ0) is 13.1. The van der Waals surface area contributed by atoms with Crippen molar-refractivity contribution in [3.8, 4) is 0 Å². The zero-order valence-electron chi connectivity index (χ0n) is 9.91. The molecule has 0 bridgehead atoms. The van der Waals surface area contributed by atoms with E-state index in [4.69, 9.17) is 16.2 Å². The van der Waals surface area contributed by atoms with Crippen molar-refractivity contribution in [2.75, 3.05) is 24.3 Å². The molecule has 0 radical (unpaired) electrons. The van der Waals surface area contributed by atoms with E-state index in [9.17, 15) is 9.18 Å². The van der Waals surface area contributed by atoms with E-state index >= 15 is 0 Å². The SMILES string of the molecule is NC(=O)c1cc(NC2CCCOC2)c(F)cc1N. The maximum atomic E-state index is 13.7. The molecule has 0 saturated carbocycles. The smallest absolute Gasteiger partial charge is 0.250 e. The van der Waals surface area contributed by atoms with E-state index in [1.807, 2.05) is 0 Å². The van der Waals surface area contributed by atoms with E-state index in [1.54, 1.807) is 0 Å². The van der Waals surface area contributed by atoms with E-state index < -0.39 is 11.7 Å². The molecule has 1 unspecified atom stereocenters. The second kappa shape index (κ2) is 5.22. The number of carbonyl (C=O) groups excluding carboxylic acids is 1. The Morgan fingerprint density at radius 2 is 2.28 bits per heavy atom. The highest BCUT2D eigenvalue weighted by Gasteiger charge is 2.17. The van der Waals surface area contributed by atoms with Gasteiger partial charge in [-0.2, -0.15) is 0 Å². The topological polar surface area (TPSA) is 90.4 Å². The first-order valence-electron chi connectivity index (χ1n) is 5.81. The van der Waals surface area contributed by atoms with Gasteiger partial charge < -0.3 is 21.5 Å². The Hall–Kier alpha value is -1.82. The lowest BCUT2D eigenvalue weighted by Crippen LogP contribution is -2.30. The summed E-state index contributed by atoms with van der Waals surface area (Å²) in [6.45, 7) is 1.25. The Morgan fingerprint density at radius 3 is 2.89 bits per heavy atom. The molecule has 18 heavy (non-hydrogen) atoms. The molecule has 0 aliphatic carbocycles. The fourth-order valence-electron chi connectivity index (χ4n) is 1.99. The third-order valence-electron chi connectivity index (χ3n) is 2.92. The molecular formula is C12H16FN3O2. The van der Waals surface area contributed by atoms with Crippen LogP contribution < -0.4 is 16.8 Å². The minimum Gasteiger partial charge on any atom is -0.398 e. The minimum absolute atomic E-state index is 0.0394. The van der Waals surface area contributed by atoms with E-state index in [-0.39, 0.29) is 23.0 Å². The molecule has 98 valence electrons. The summed E-state index contributed by atoms with van der Waals surface area (Å²) in [6.07, 6.45) is 1.83. The minimum atomic E-state index is -0.671. The largest absolute Gasteiger partial charge is 0.398 e. The van der Waals surface area contributed by atoms with Crippen LogP contribution in [-0.2, 0) is 4.74 Å². The fourth-order valence-corrected chi connectivity index (χ4v) is 1.99. The maximum absolute atomic E-state index is 13.7. The molecule has 0 spiro atoms. The molecule has 1 heterocycles. The van der Waals surface area contributed by atoms with Crippen LogP contribution in [0.25, 0.3) is 0 Å². The van der Waals surface area contributed by atoms with Crippen molar-refractivity contribution >= 4 is 17.3 Å². The van der Waals surface area contributed by atoms with Crippen LogP contribution in [0.2, 0.25) is 0 Å². The first kappa shape index (κ1) is 12.6. The molecule has 2 rings (SSSR count). The molecule has 1 atom stereocenters. The molecule has 1 saturated heterocycles. The highest BCUT2D eigenvalue weighted by molar-refractivity contribution is 5.99. The number of carbonyl (C=O) groups is 1. The van der Waals surface area contributed by atoms with Crippen molar-refractivity contribution in [2.24, 2.45) is 5.73 Å². The molecule has 5 N–H and O–H groups in total. The van der Waals surface area contributed by atoms with Crippen LogP contribution in [-0.4, -0.2) is 25.2 Å². The Kier molecular flexibility index (Phi) is 3.66. The Morgan fingerprint density at radius 1 is 1.50 bits per heavy atom. The summed E-state index contributed by atoms with van der Waals surface area (Å²) < 4.78 is 19.0. The number of nitrogens with one attached hydrogen (secondary N) is 1. The monoisotopic (exact) mass is 253 g/mol. The molecular weight excluding hydrogens is 237 g/mol. The zero-order valence-corrected chi connectivity index (χ0v) is 9.91. The Balaban J connectivity index is 2.21. The quantitative estimate of drug-likeness (QED) is 0.703. The van der Waals surface area contributed by atoms with Crippen LogP contribution in [0.4, 0.5) is 15.8 Å². The predicted octanol–water partition coefficient (Wildman–Crippen LogP) is 1.10. The number of benzene rings is 1. The van der Waals surface area contributed by atoms with Crippen molar-refractivity contribution in [1.29, 1.82) is 0 Å². The van der Waals surface area contributed by atoms with Crippen LogP contribution in [0.1, 0.15) is 23.2 Å². The van der Waals surface area contributed by atoms with Crippen molar-refractivity contribution < 1.29 is 13.9 Å². The van der Waals surface area contributed by atoms with E-state index in [0.29, 0.717) is 6.61 Å². The summed E-state index contributed by atoms with van der Waals surface area (Å²) in [5, 5.41) is 3.01. The highest BCUT2D eigenvalue weighted by atomic mass is 19.1. The van der Waals surface area contributed by atoms with E-state index in [0.717, 1.165) is 25.5 Å². The lowest BCUT2D eigenvalue weighted by molar-refractivity contribution is 0.0875. The molecule has 1 aromatic carbocycles. The van der Waals surface area contributed by atoms with Crippen LogP contribution in [0.15, 0.2) is 12.1 Å². The third kappa shape index (κ3) is 2.70. The molecule has 0 aromatic heterocycles. The van der Waals surface area contributed by atoms with Gasteiger partial charge in [0, 0.05) is 18.3 Å². The molecule has 6 heteroatoms. The van der Waals surface area contributed by atoms with Gasteiger partial charge in [-0.1, -0.05) is 0 Å². The Labute approximate surface area is 104 Å². The summed E-state index contributed by atoms with van der Waals surface area (Å²) in [7, 11) is 0.